The fourth-order valence-electron chi connectivity index (χ4n) is 3.07. The normalized spacial score (nSPS) is 21.2. The monoisotopic (exact) mass is 275 g/mol. The molecular formula is C17H29N3. The summed E-state index contributed by atoms with van der Waals surface area (Å²) in [5, 5.41) is 3.44. The van der Waals surface area contributed by atoms with Crippen molar-refractivity contribution in [1.29, 1.82) is 0 Å². The van der Waals surface area contributed by atoms with Gasteiger partial charge in [-0.25, -0.2) is 0 Å². The first kappa shape index (κ1) is 15.5. The zero-order valence-electron chi connectivity index (χ0n) is 13.2. The van der Waals surface area contributed by atoms with Crippen molar-refractivity contribution in [2.45, 2.75) is 39.9 Å². The van der Waals surface area contributed by atoms with Gasteiger partial charge in [0.2, 0.25) is 0 Å². The fraction of sp³-hybridized carbons (Fsp3) is 0.647. The van der Waals surface area contributed by atoms with Gasteiger partial charge in [-0.15, -0.1) is 0 Å². The van der Waals surface area contributed by atoms with Crippen molar-refractivity contribution in [2.75, 3.05) is 32.7 Å². The topological polar surface area (TPSA) is 18.5 Å². The van der Waals surface area contributed by atoms with Gasteiger partial charge in [-0.2, -0.15) is 0 Å². The molecule has 0 aliphatic carbocycles. The number of piperazine rings is 1. The maximum atomic E-state index is 3.44. The molecule has 1 N–H and O–H groups in total. The Labute approximate surface area is 124 Å². The van der Waals surface area contributed by atoms with Crippen LogP contribution in [0.15, 0.2) is 24.3 Å². The summed E-state index contributed by atoms with van der Waals surface area (Å²) in [7, 11) is 0. The third-order valence-electron chi connectivity index (χ3n) is 4.33. The average molecular weight is 275 g/mol. The number of hydrogen-bond donors (Lipinski definition) is 1. The molecule has 1 aromatic rings. The summed E-state index contributed by atoms with van der Waals surface area (Å²) in [4.78, 5) is 5.17. The molecule has 1 unspecified atom stereocenters. The van der Waals surface area contributed by atoms with Crippen molar-refractivity contribution in [1.82, 2.24) is 15.1 Å². The first-order valence-electron chi connectivity index (χ1n) is 7.98. The second kappa shape index (κ2) is 7.77. The van der Waals surface area contributed by atoms with Crippen LogP contribution in [0, 0.1) is 0 Å². The molecule has 1 fully saturated rings. The van der Waals surface area contributed by atoms with Gasteiger partial charge in [-0.1, -0.05) is 38.1 Å². The van der Waals surface area contributed by atoms with Gasteiger partial charge in [-0.05, 0) is 31.1 Å². The van der Waals surface area contributed by atoms with E-state index in [4.69, 9.17) is 0 Å². The Bertz CT molecular complexity index is 405. The summed E-state index contributed by atoms with van der Waals surface area (Å²) in [5.41, 5.74) is 2.92. The van der Waals surface area contributed by atoms with Gasteiger partial charge in [0.15, 0.2) is 0 Å². The van der Waals surface area contributed by atoms with Crippen molar-refractivity contribution < 1.29 is 0 Å². The van der Waals surface area contributed by atoms with E-state index in [1.165, 1.54) is 37.3 Å². The van der Waals surface area contributed by atoms with E-state index < -0.39 is 0 Å². The second-order valence-corrected chi connectivity index (χ2v) is 5.76. The largest absolute Gasteiger partial charge is 0.313 e. The van der Waals surface area contributed by atoms with Crippen molar-refractivity contribution in [3.63, 3.8) is 0 Å². The van der Waals surface area contributed by atoms with Gasteiger partial charge in [0, 0.05) is 38.8 Å². The lowest BCUT2D eigenvalue weighted by atomic mass is 10.1. The van der Waals surface area contributed by atoms with Crippen molar-refractivity contribution in [3.05, 3.63) is 35.4 Å². The summed E-state index contributed by atoms with van der Waals surface area (Å²) >= 11 is 0. The van der Waals surface area contributed by atoms with E-state index in [1.807, 2.05) is 0 Å². The molecule has 1 aromatic carbocycles. The van der Waals surface area contributed by atoms with Gasteiger partial charge in [0.25, 0.3) is 0 Å². The van der Waals surface area contributed by atoms with E-state index >= 15 is 0 Å². The van der Waals surface area contributed by atoms with E-state index in [0.717, 1.165) is 19.6 Å². The lowest BCUT2D eigenvalue weighted by molar-refractivity contribution is 0.0832. The molecule has 0 saturated carbocycles. The van der Waals surface area contributed by atoms with Gasteiger partial charge in [0.05, 0.1) is 0 Å². The van der Waals surface area contributed by atoms with E-state index in [0.29, 0.717) is 6.04 Å². The highest BCUT2D eigenvalue weighted by Crippen LogP contribution is 2.15. The smallest absolute Gasteiger partial charge is 0.0238 e. The van der Waals surface area contributed by atoms with Crippen LogP contribution in [0.1, 0.15) is 31.9 Å². The third-order valence-corrected chi connectivity index (χ3v) is 4.33. The zero-order chi connectivity index (χ0) is 14.4. The van der Waals surface area contributed by atoms with Crippen LogP contribution in [0.3, 0.4) is 0 Å². The van der Waals surface area contributed by atoms with Crippen molar-refractivity contribution in [2.24, 2.45) is 0 Å². The molecular weight excluding hydrogens is 246 g/mol. The van der Waals surface area contributed by atoms with Crippen LogP contribution in [-0.4, -0.2) is 48.6 Å². The molecule has 2 rings (SSSR count). The molecule has 1 heterocycles. The molecule has 1 aliphatic rings. The Morgan fingerprint density at radius 1 is 1.15 bits per heavy atom. The van der Waals surface area contributed by atoms with Crippen LogP contribution < -0.4 is 5.32 Å². The van der Waals surface area contributed by atoms with Gasteiger partial charge >= 0.3 is 0 Å². The number of rotatable bonds is 6. The van der Waals surface area contributed by atoms with Crippen LogP contribution in [0.5, 0.6) is 0 Å². The van der Waals surface area contributed by atoms with Gasteiger partial charge in [-0.3, -0.25) is 9.80 Å². The zero-order valence-corrected chi connectivity index (χ0v) is 13.2. The minimum Gasteiger partial charge on any atom is -0.313 e. The predicted octanol–water partition coefficient (Wildman–Crippen LogP) is 2.32. The Hall–Kier alpha value is -0.900. The van der Waals surface area contributed by atoms with Crippen LogP contribution in [0.2, 0.25) is 0 Å². The molecule has 1 atom stereocenters. The molecule has 0 aromatic heterocycles. The number of nitrogens with zero attached hydrogens (tertiary/aromatic N) is 2. The Kier molecular flexibility index (Phi) is 6.02. The van der Waals surface area contributed by atoms with Crippen LogP contribution in [0.25, 0.3) is 0 Å². The number of hydrogen-bond acceptors (Lipinski definition) is 3. The van der Waals surface area contributed by atoms with Crippen LogP contribution >= 0.6 is 0 Å². The highest BCUT2D eigenvalue weighted by molar-refractivity contribution is 5.27. The minimum absolute atomic E-state index is 0.676. The van der Waals surface area contributed by atoms with Crippen molar-refractivity contribution >= 4 is 0 Å². The first-order valence-corrected chi connectivity index (χ1v) is 7.98. The van der Waals surface area contributed by atoms with Crippen molar-refractivity contribution in [3.8, 4) is 0 Å². The number of likely N-dealkylation sites (N-methyl/N-ethyl adjacent to an activating group) is 1. The maximum absolute atomic E-state index is 3.44. The lowest BCUT2D eigenvalue weighted by Gasteiger charge is -2.39. The molecule has 1 aliphatic heterocycles. The standard InChI is InChI=1S/C17H29N3/c1-4-18-12-16-8-6-7-9-17(16)14-19-10-11-20(5-2)15(3)13-19/h6-9,15,18H,4-5,10-14H2,1-3H3. The molecule has 3 heteroatoms. The number of nitrogens with one attached hydrogen (secondary N) is 1. The maximum Gasteiger partial charge on any atom is 0.0238 e. The quantitative estimate of drug-likeness (QED) is 0.859. The molecule has 3 nitrogen and oxygen atoms in total. The first-order chi connectivity index (χ1) is 9.74. The molecule has 0 spiro atoms. The molecule has 0 amide bonds. The predicted molar refractivity (Wildman–Crippen MR) is 85.8 cm³/mol. The fourth-order valence-corrected chi connectivity index (χ4v) is 3.07. The van der Waals surface area contributed by atoms with E-state index in [9.17, 15) is 0 Å². The highest BCUT2D eigenvalue weighted by atomic mass is 15.3. The van der Waals surface area contributed by atoms with E-state index in [2.05, 4.69) is 60.2 Å². The van der Waals surface area contributed by atoms with E-state index in [1.54, 1.807) is 0 Å². The summed E-state index contributed by atoms with van der Waals surface area (Å²) in [5.74, 6) is 0. The number of benzene rings is 1. The second-order valence-electron chi connectivity index (χ2n) is 5.76. The van der Waals surface area contributed by atoms with Crippen LogP contribution in [0.4, 0.5) is 0 Å². The summed E-state index contributed by atoms with van der Waals surface area (Å²) in [6, 6.07) is 9.52. The third kappa shape index (κ3) is 4.05. The van der Waals surface area contributed by atoms with Gasteiger partial charge in [0.1, 0.15) is 0 Å². The SMILES string of the molecule is CCNCc1ccccc1CN1CCN(CC)C(C)C1. The Morgan fingerprint density at radius 2 is 1.90 bits per heavy atom. The molecule has 1 saturated heterocycles. The highest BCUT2D eigenvalue weighted by Gasteiger charge is 2.22. The molecule has 20 heavy (non-hydrogen) atoms. The van der Waals surface area contributed by atoms with Crippen LogP contribution in [-0.2, 0) is 13.1 Å². The summed E-state index contributed by atoms with van der Waals surface area (Å²) in [6.45, 7) is 14.6. The molecule has 0 radical (unpaired) electrons. The molecule has 112 valence electrons. The van der Waals surface area contributed by atoms with Gasteiger partial charge < -0.3 is 5.32 Å². The Balaban J connectivity index is 1.96. The van der Waals surface area contributed by atoms with E-state index in [-0.39, 0.29) is 0 Å². The molecule has 0 bridgehead atoms. The average Bonchev–Trinajstić information content (AvgIpc) is 2.46. The summed E-state index contributed by atoms with van der Waals surface area (Å²) < 4.78 is 0. The summed E-state index contributed by atoms with van der Waals surface area (Å²) in [6.07, 6.45) is 0. The minimum atomic E-state index is 0.676. The Morgan fingerprint density at radius 3 is 2.55 bits per heavy atom. The lowest BCUT2D eigenvalue weighted by Crippen LogP contribution is -2.51.